The molecule has 124 valence electrons. The van der Waals surface area contributed by atoms with Crippen molar-refractivity contribution in [3.63, 3.8) is 0 Å². The number of hydrogen-bond donors (Lipinski definition) is 0. The van der Waals surface area contributed by atoms with Gasteiger partial charge in [-0.2, -0.15) is 0 Å². The Kier molecular flexibility index (Phi) is 11.0. The average molecular weight is 300 g/mol. The van der Waals surface area contributed by atoms with Crippen LogP contribution in [0.15, 0.2) is 0 Å². The fourth-order valence-corrected chi connectivity index (χ4v) is 2.27. The van der Waals surface area contributed by atoms with E-state index in [9.17, 15) is 9.59 Å². The number of esters is 2. The van der Waals surface area contributed by atoms with Gasteiger partial charge < -0.3 is 9.47 Å². The Hall–Kier alpha value is -1.06. The summed E-state index contributed by atoms with van der Waals surface area (Å²) >= 11 is 0. The topological polar surface area (TPSA) is 52.6 Å². The third-order valence-corrected chi connectivity index (χ3v) is 3.48. The molecule has 0 spiro atoms. The predicted molar refractivity (Wildman–Crippen MR) is 83.9 cm³/mol. The second-order valence-electron chi connectivity index (χ2n) is 5.87. The summed E-state index contributed by atoms with van der Waals surface area (Å²) in [5.41, 5.74) is 0. The first-order valence-corrected chi connectivity index (χ1v) is 8.33. The van der Waals surface area contributed by atoms with E-state index in [1.165, 1.54) is 0 Å². The van der Waals surface area contributed by atoms with E-state index in [0.29, 0.717) is 5.92 Å². The lowest BCUT2D eigenvalue weighted by atomic mass is 10.1. The van der Waals surface area contributed by atoms with E-state index in [1.807, 2.05) is 20.8 Å². The van der Waals surface area contributed by atoms with E-state index in [2.05, 4.69) is 13.8 Å². The second kappa shape index (κ2) is 11.6. The zero-order valence-corrected chi connectivity index (χ0v) is 14.3. The van der Waals surface area contributed by atoms with E-state index < -0.39 is 0 Å². The molecule has 0 aliphatic rings. The lowest BCUT2D eigenvalue weighted by Gasteiger charge is -2.20. The fourth-order valence-electron chi connectivity index (χ4n) is 2.27. The van der Waals surface area contributed by atoms with Gasteiger partial charge in [0.25, 0.3) is 0 Å². The van der Waals surface area contributed by atoms with Crippen molar-refractivity contribution < 1.29 is 19.1 Å². The number of carbonyl (C=O) groups is 2. The van der Waals surface area contributed by atoms with Crippen LogP contribution in [0.5, 0.6) is 0 Å². The summed E-state index contributed by atoms with van der Waals surface area (Å²) in [5.74, 6) is -0.309. The minimum atomic E-state index is -0.310. The van der Waals surface area contributed by atoms with Crippen LogP contribution >= 0.6 is 0 Å². The molecule has 0 radical (unpaired) electrons. The van der Waals surface area contributed by atoms with Crippen molar-refractivity contribution in [3.8, 4) is 0 Å². The number of hydrogen-bond acceptors (Lipinski definition) is 4. The Morgan fingerprint density at radius 2 is 1.33 bits per heavy atom. The monoisotopic (exact) mass is 300 g/mol. The maximum absolute atomic E-state index is 11.8. The summed E-state index contributed by atoms with van der Waals surface area (Å²) in [6.45, 7) is 10.2. The molecule has 0 rings (SSSR count). The molecule has 0 aromatic rings. The largest absolute Gasteiger partial charge is 0.462 e. The Bertz CT molecular complexity index is 293. The molecule has 4 nitrogen and oxygen atoms in total. The van der Waals surface area contributed by atoms with Crippen LogP contribution in [0.1, 0.15) is 79.6 Å². The van der Waals surface area contributed by atoms with Crippen molar-refractivity contribution in [1.82, 2.24) is 0 Å². The highest BCUT2D eigenvalue weighted by Crippen LogP contribution is 2.13. The zero-order chi connectivity index (χ0) is 16.3. The zero-order valence-electron chi connectivity index (χ0n) is 14.3. The fraction of sp³-hybridized carbons (Fsp3) is 0.882. The molecule has 0 aliphatic heterocycles. The van der Waals surface area contributed by atoms with Gasteiger partial charge in [-0.1, -0.05) is 47.5 Å². The molecule has 0 aromatic heterocycles. The maximum Gasteiger partial charge on any atom is 0.306 e. The van der Waals surface area contributed by atoms with Crippen LogP contribution in [0.3, 0.4) is 0 Å². The molecule has 0 heterocycles. The molecule has 0 aromatic carbocycles. The summed E-state index contributed by atoms with van der Waals surface area (Å²) in [7, 11) is 0. The molecule has 0 amide bonds. The first-order valence-electron chi connectivity index (χ1n) is 8.33. The van der Waals surface area contributed by atoms with Gasteiger partial charge in [-0.3, -0.25) is 9.59 Å². The highest BCUT2D eigenvalue weighted by atomic mass is 16.6. The van der Waals surface area contributed by atoms with Crippen molar-refractivity contribution >= 4 is 11.9 Å². The average Bonchev–Trinajstić information content (AvgIpc) is 2.42. The van der Waals surface area contributed by atoms with Gasteiger partial charge in [-0.15, -0.1) is 0 Å². The van der Waals surface area contributed by atoms with Crippen LogP contribution in [0.25, 0.3) is 0 Å². The smallest absolute Gasteiger partial charge is 0.306 e. The van der Waals surface area contributed by atoms with Crippen molar-refractivity contribution in [3.05, 3.63) is 0 Å². The predicted octanol–water partition coefficient (Wildman–Crippen LogP) is 4.26. The number of rotatable bonds is 11. The normalized spacial score (nSPS) is 12.5. The van der Waals surface area contributed by atoms with E-state index >= 15 is 0 Å². The highest BCUT2D eigenvalue weighted by Gasteiger charge is 2.18. The summed E-state index contributed by atoms with van der Waals surface area (Å²) in [6.07, 6.45) is 4.68. The standard InChI is InChI=1S/C17H32O4/c1-6-9-14(10-7-2)20-16(18)11-12-17(19)21-15(8-3)13(4)5/h13-15H,6-12H2,1-5H3. The quantitative estimate of drug-likeness (QED) is 0.535. The molecule has 1 unspecified atom stereocenters. The van der Waals surface area contributed by atoms with Crippen LogP contribution in [0, 0.1) is 5.92 Å². The van der Waals surface area contributed by atoms with Crippen LogP contribution in [-0.4, -0.2) is 24.1 Å². The lowest BCUT2D eigenvalue weighted by molar-refractivity contribution is -0.157. The molecule has 4 heteroatoms. The van der Waals surface area contributed by atoms with E-state index in [0.717, 1.165) is 32.1 Å². The van der Waals surface area contributed by atoms with Crippen molar-refractivity contribution in [2.45, 2.75) is 91.8 Å². The van der Waals surface area contributed by atoms with Crippen LogP contribution in [-0.2, 0) is 19.1 Å². The minimum absolute atomic E-state index is 0.0115. The summed E-state index contributed by atoms with van der Waals surface area (Å²) in [5, 5.41) is 0. The molecule has 21 heavy (non-hydrogen) atoms. The van der Waals surface area contributed by atoms with E-state index in [4.69, 9.17) is 9.47 Å². The van der Waals surface area contributed by atoms with Gasteiger partial charge in [-0.25, -0.2) is 0 Å². The van der Waals surface area contributed by atoms with Crippen molar-refractivity contribution in [2.24, 2.45) is 5.92 Å². The SMILES string of the molecule is CCCC(CCC)OC(=O)CCC(=O)OC(CC)C(C)C. The Morgan fingerprint density at radius 1 is 0.857 bits per heavy atom. The van der Waals surface area contributed by atoms with Gasteiger partial charge in [0.1, 0.15) is 12.2 Å². The third kappa shape index (κ3) is 9.48. The van der Waals surface area contributed by atoms with Crippen LogP contribution in [0.4, 0.5) is 0 Å². The highest BCUT2D eigenvalue weighted by molar-refractivity contribution is 5.77. The van der Waals surface area contributed by atoms with Crippen molar-refractivity contribution in [1.29, 1.82) is 0 Å². The molecule has 0 N–H and O–H groups in total. The van der Waals surface area contributed by atoms with Gasteiger partial charge in [0, 0.05) is 0 Å². The Morgan fingerprint density at radius 3 is 1.71 bits per heavy atom. The molecule has 0 fully saturated rings. The summed E-state index contributed by atoms with van der Waals surface area (Å²) in [4.78, 5) is 23.5. The van der Waals surface area contributed by atoms with E-state index in [-0.39, 0.29) is 37.0 Å². The Balaban J connectivity index is 4.08. The number of ether oxygens (including phenoxy) is 2. The summed E-state index contributed by atoms with van der Waals surface area (Å²) < 4.78 is 10.8. The lowest BCUT2D eigenvalue weighted by Crippen LogP contribution is -2.24. The molecular formula is C17H32O4. The Labute approximate surface area is 129 Å². The first-order chi connectivity index (χ1) is 9.94. The van der Waals surface area contributed by atoms with Gasteiger partial charge >= 0.3 is 11.9 Å². The molecule has 0 saturated carbocycles. The van der Waals surface area contributed by atoms with Gasteiger partial charge in [0.2, 0.25) is 0 Å². The molecule has 0 bridgehead atoms. The number of carbonyl (C=O) groups excluding carboxylic acids is 2. The van der Waals surface area contributed by atoms with Crippen LogP contribution < -0.4 is 0 Å². The molecule has 1 atom stereocenters. The van der Waals surface area contributed by atoms with E-state index in [1.54, 1.807) is 0 Å². The third-order valence-electron chi connectivity index (χ3n) is 3.48. The van der Waals surface area contributed by atoms with Crippen LogP contribution in [0.2, 0.25) is 0 Å². The molecular weight excluding hydrogens is 268 g/mol. The second-order valence-corrected chi connectivity index (χ2v) is 5.87. The minimum Gasteiger partial charge on any atom is -0.462 e. The maximum atomic E-state index is 11.8. The van der Waals surface area contributed by atoms with Gasteiger partial charge in [0.05, 0.1) is 12.8 Å². The van der Waals surface area contributed by atoms with Gasteiger partial charge in [-0.05, 0) is 25.2 Å². The van der Waals surface area contributed by atoms with Gasteiger partial charge in [0.15, 0.2) is 0 Å². The van der Waals surface area contributed by atoms with Crippen molar-refractivity contribution in [2.75, 3.05) is 0 Å². The first kappa shape index (κ1) is 19.9. The molecule has 0 saturated heterocycles. The summed E-state index contributed by atoms with van der Waals surface area (Å²) in [6, 6.07) is 0. The molecule has 0 aliphatic carbocycles.